The molecule has 0 saturated carbocycles. The van der Waals surface area contributed by atoms with Gasteiger partial charge in [-0.15, -0.1) is 0 Å². The number of hydrogen-bond acceptors (Lipinski definition) is 2. The summed E-state index contributed by atoms with van der Waals surface area (Å²) >= 11 is 0. The van der Waals surface area contributed by atoms with Gasteiger partial charge < -0.3 is 15.3 Å². The van der Waals surface area contributed by atoms with Crippen LogP contribution in [0.3, 0.4) is 0 Å². The molecule has 130 valence electrons. The molecule has 1 aliphatic rings. The lowest BCUT2D eigenvalue weighted by Crippen LogP contribution is -2.43. The second-order valence-corrected chi connectivity index (χ2v) is 6.25. The van der Waals surface area contributed by atoms with Crippen molar-refractivity contribution in [3.8, 4) is 11.1 Å². The Hall–Kier alpha value is -2.82. The maximum atomic E-state index is 12.3. The number of rotatable bonds is 5. The van der Waals surface area contributed by atoms with Gasteiger partial charge >= 0.3 is 12.0 Å². The van der Waals surface area contributed by atoms with Gasteiger partial charge in [0.2, 0.25) is 0 Å². The number of carbonyl (C=O) groups excluding carboxylic acids is 1. The van der Waals surface area contributed by atoms with E-state index < -0.39 is 5.97 Å². The second kappa shape index (κ2) is 7.83. The third kappa shape index (κ3) is 4.38. The van der Waals surface area contributed by atoms with Crippen LogP contribution in [0.25, 0.3) is 11.1 Å². The number of carboxylic acids is 1. The quantitative estimate of drug-likeness (QED) is 0.822. The number of urea groups is 1. The van der Waals surface area contributed by atoms with Gasteiger partial charge in [-0.2, -0.15) is 0 Å². The summed E-state index contributed by atoms with van der Waals surface area (Å²) in [5, 5.41) is 11.4. The summed E-state index contributed by atoms with van der Waals surface area (Å²) in [6, 6.07) is 16.5. The molecule has 5 nitrogen and oxygen atoms in total. The lowest BCUT2D eigenvalue weighted by molar-refractivity contribution is -0.137. The number of fused-ring (bicyclic) bond motifs is 1. The van der Waals surface area contributed by atoms with Crippen LogP contribution >= 0.6 is 0 Å². The van der Waals surface area contributed by atoms with E-state index in [1.54, 1.807) is 4.90 Å². The van der Waals surface area contributed by atoms with Gasteiger partial charge in [0.25, 0.3) is 0 Å². The Labute approximate surface area is 147 Å². The van der Waals surface area contributed by atoms with Crippen molar-refractivity contribution < 1.29 is 14.7 Å². The van der Waals surface area contributed by atoms with Crippen molar-refractivity contribution in [1.82, 2.24) is 10.2 Å². The number of benzene rings is 2. The topological polar surface area (TPSA) is 69.6 Å². The summed E-state index contributed by atoms with van der Waals surface area (Å²) in [6.45, 7) is 1.65. The zero-order valence-corrected chi connectivity index (χ0v) is 14.1. The zero-order chi connectivity index (χ0) is 17.6. The number of carboxylic acid groups (broad SMARTS) is 1. The van der Waals surface area contributed by atoms with Crippen molar-refractivity contribution in [2.45, 2.75) is 25.8 Å². The monoisotopic (exact) mass is 338 g/mol. The average Bonchev–Trinajstić information content (AvgIpc) is 2.64. The Morgan fingerprint density at radius 3 is 2.60 bits per heavy atom. The summed E-state index contributed by atoms with van der Waals surface area (Å²) < 4.78 is 0. The summed E-state index contributed by atoms with van der Waals surface area (Å²) in [5.74, 6) is -0.838. The van der Waals surface area contributed by atoms with Gasteiger partial charge in [-0.05, 0) is 41.2 Å². The second-order valence-electron chi connectivity index (χ2n) is 6.25. The van der Waals surface area contributed by atoms with Gasteiger partial charge in [0, 0.05) is 26.1 Å². The first-order valence-corrected chi connectivity index (χ1v) is 8.55. The number of carbonyl (C=O) groups is 2. The molecule has 0 aliphatic carbocycles. The molecule has 0 aromatic heterocycles. The molecule has 0 saturated heterocycles. The minimum absolute atomic E-state index is 0.0730. The van der Waals surface area contributed by atoms with Crippen LogP contribution < -0.4 is 5.32 Å². The fraction of sp³-hybridized carbons (Fsp3) is 0.300. The van der Waals surface area contributed by atoms with Gasteiger partial charge in [0.05, 0.1) is 0 Å². The maximum absolute atomic E-state index is 12.3. The van der Waals surface area contributed by atoms with E-state index in [4.69, 9.17) is 5.11 Å². The molecule has 1 heterocycles. The zero-order valence-electron chi connectivity index (χ0n) is 14.1. The van der Waals surface area contributed by atoms with Crippen LogP contribution in [-0.2, 0) is 17.8 Å². The predicted molar refractivity (Wildman–Crippen MR) is 96.3 cm³/mol. The lowest BCUT2D eigenvalue weighted by Gasteiger charge is -2.29. The average molecular weight is 338 g/mol. The standard InChI is InChI=1S/C20H22N2O3/c23-19(24)7-4-11-21-20(25)22-12-10-16-8-9-17(13-18(16)14-22)15-5-2-1-3-6-15/h1-3,5-6,8-9,13H,4,7,10-12,14H2,(H,21,25)(H,23,24). The van der Waals surface area contributed by atoms with Crippen molar-refractivity contribution in [2.24, 2.45) is 0 Å². The first-order chi connectivity index (χ1) is 12.1. The predicted octanol–water partition coefficient (Wildman–Crippen LogP) is 3.29. The number of amides is 2. The number of nitrogens with zero attached hydrogens (tertiary/aromatic N) is 1. The fourth-order valence-corrected chi connectivity index (χ4v) is 3.09. The first kappa shape index (κ1) is 17.0. The molecule has 0 atom stereocenters. The molecule has 3 rings (SSSR count). The largest absolute Gasteiger partial charge is 0.481 e. The van der Waals surface area contributed by atoms with E-state index in [1.165, 1.54) is 16.7 Å². The van der Waals surface area contributed by atoms with Crippen LogP contribution in [0.2, 0.25) is 0 Å². The molecule has 2 N–H and O–H groups in total. The highest BCUT2D eigenvalue weighted by atomic mass is 16.4. The minimum Gasteiger partial charge on any atom is -0.481 e. The van der Waals surface area contributed by atoms with Gasteiger partial charge in [-0.1, -0.05) is 42.5 Å². The van der Waals surface area contributed by atoms with E-state index in [2.05, 4.69) is 35.6 Å². The minimum atomic E-state index is -0.838. The maximum Gasteiger partial charge on any atom is 0.317 e. The SMILES string of the molecule is O=C(O)CCCNC(=O)N1CCc2ccc(-c3ccccc3)cc2C1. The highest BCUT2D eigenvalue weighted by Crippen LogP contribution is 2.26. The highest BCUT2D eigenvalue weighted by Gasteiger charge is 2.20. The number of hydrogen-bond donors (Lipinski definition) is 2. The van der Waals surface area contributed by atoms with Crippen molar-refractivity contribution in [1.29, 1.82) is 0 Å². The first-order valence-electron chi connectivity index (χ1n) is 8.55. The molecule has 2 aromatic rings. The van der Waals surface area contributed by atoms with Crippen LogP contribution in [0.15, 0.2) is 48.5 Å². The molecule has 0 unspecified atom stereocenters. The van der Waals surface area contributed by atoms with Crippen molar-refractivity contribution in [2.75, 3.05) is 13.1 Å². The van der Waals surface area contributed by atoms with Crippen LogP contribution in [-0.4, -0.2) is 35.1 Å². The van der Waals surface area contributed by atoms with E-state index in [1.807, 2.05) is 18.2 Å². The summed E-state index contributed by atoms with van der Waals surface area (Å²) in [5.41, 5.74) is 4.78. The molecule has 2 aromatic carbocycles. The van der Waals surface area contributed by atoms with Gasteiger partial charge in [0.15, 0.2) is 0 Å². The molecule has 5 heteroatoms. The van der Waals surface area contributed by atoms with Crippen LogP contribution in [0.4, 0.5) is 4.79 Å². The van der Waals surface area contributed by atoms with Crippen LogP contribution in [0.1, 0.15) is 24.0 Å². The molecular weight excluding hydrogens is 316 g/mol. The lowest BCUT2D eigenvalue weighted by atomic mass is 9.95. The molecular formula is C20H22N2O3. The molecule has 0 radical (unpaired) electrons. The van der Waals surface area contributed by atoms with E-state index in [0.29, 0.717) is 26.1 Å². The molecule has 0 fully saturated rings. The third-order valence-corrected chi connectivity index (χ3v) is 4.46. The Balaban J connectivity index is 1.64. The number of aliphatic carboxylic acids is 1. The third-order valence-electron chi connectivity index (χ3n) is 4.46. The number of nitrogens with one attached hydrogen (secondary N) is 1. The normalized spacial score (nSPS) is 13.2. The van der Waals surface area contributed by atoms with E-state index >= 15 is 0 Å². The van der Waals surface area contributed by atoms with Crippen LogP contribution in [0, 0.1) is 0 Å². The highest BCUT2D eigenvalue weighted by molar-refractivity contribution is 5.75. The van der Waals surface area contributed by atoms with Crippen molar-refractivity contribution in [3.63, 3.8) is 0 Å². The van der Waals surface area contributed by atoms with E-state index in [-0.39, 0.29) is 12.5 Å². The van der Waals surface area contributed by atoms with Crippen molar-refractivity contribution >= 4 is 12.0 Å². The van der Waals surface area contributed by atoms with Gasteiger partial charge in [0.1, 0.15) is 0 Å². The molecule has 25 heavy (non-hydrogen) atoms. The smallest absolute Gasteiger partial charge is 0.317 e. The van der Waals surface area contributed by atoms with Gasteiger partial charge in [-0.25, -0.2) is 4.79 Å². The van der Waals surface area contributed by atoms with Crippen LogP contribution in [0.5, 0.6) is 0 Å². The Morgan fingerprint density at radius 2 is 1.84 bits per heavy atom. The molecule has 2 amide bonds. The van der Waals surface area contributed by atoms with E-state index in [0.717, 1.165) is 12.0 Å². The summed E-state index contributed by atoms with van der Waals surface area (Å²) in [6.07, 6.45) is 1.36. The fourth-order valence-electron chi connectivity index (χ4n) is 3.09. The molecule has 1 aliphatic heterocycles. The molecule has 0 spiro atoms. The van der Waals surface area contributed by atoms with Crippen molar-refractivity contribution in [3.05, 3.63) is 59.7 Å². The molecule has 0 bridgehead atoms. The Morgan fingerprint density at radius 1 is 1.04 bits per heavy atom. The summed E-state index contributed by atoms with van der Waals surface area (Å²) in [4.78, 5) is 24.6. The Kier molecular flexibility index (Phi) is 5.33. The summed E-state index contributed by atoms with van der Waals surface area (Å²) in [7, 11) is 0. The van der Waals surface area contributed by atoms with E-state index in [9.17, 15) is 9.59 Å². The van der Waals surface area contributed by atoms with Gasteiger partial charge in [-0.3, -0.25) is 4.79 Å². The Bertz CT molecular complexity index is 759.